The van der Waals surface area contributed by atoms with E-state index in [0.717, 1.165) is 18.7 Å². The lowest BCUT2D eigenvalue weighted by Gasteiger charge is -2.13. The van der Waals surface area contributed by atoms with Gasteiger partial charge < -0.3 is 20.5 Å². The van der Waals surface area contributed by atoms with Gasteiger partial charge in [0.25, 0.3) is 0 Å². The maximum atomic E-state index is 11.3. The van der Waals surface area contributed by atoms with Crippen molar-refractivity contribution in [3.05, 3.63) is 30.3 Å². The summed E-state index contributed by atoms with van der Waals surface area (Å²) in [6.45, 7) is 5.89. The molecule has 0 fully saturated rings. The van der Waals surface area contributed by atoms with Crippen molar-refractivity contribution in [2.75, 3.05) is 26.2 Å². The highest BCUT2D eigenvalue weighted by Crippen LogP contribution is 2.08. The molecule has 5 heteroatoms. The number of amides is 1. The van der Waals surface area contributed by atoms with Gasteiger partial charge in [-0.1, -0.05) is 32.0 Å². The summed E-state index contributed by atoms with van der Waals surface area (Å²) >= 11 is 0. The Hall–Kier alpha value is -1.59. The maximum Gasteiger partial charge on any atom is 0.222 e. The number of aliphatic hydroxyl groups excluding tert-OH is 1. The minimum absolute atomic E-state index is 0.0231. The van der Waals surface area contributed by atoms with E-state index in [9.17, 15) is 9.90 Å². The number of hydrogen-bond donors (Lipinski definition) is 3. The molecule has 0 saturated heterocycles. The van der Waals surface area contributed by atoms with Crippen LogP contribution in [0.3, 0.4) is 0 Å². The summed E-state index contributed by atoms with van der Waals surface area (Å²) in [5, 5.41) is 15.8. The van der Waals surface area contributed by atoms with Gasteiger partial charge in [-0.05, 0) is 25.1 Å². The molecule has 21 heavy (non-hydrogen) atoms. The molecule has 0 aliphatic heterocycles. The van der Waals surface area contributed by atoms with E-state index in [1.807, 2.05) is 44.2 Å². The zero-order valence-corrected chi connectivity index (χ0v) is 12.8. The first kappa shape index (κ1) is 17.5. The standard InChI is InChI=1S/C16H26N2O3/c1-13(2)16(20)18-10-6-9-17-11-14(19)12-21-15-7-4-3-5-8-15/h3-5,7-8,13-14,17,19H,6,9-12H2,1-2H3,(H,18,20)/t14-/m0/s1. The monoisotopic (exact) mass is 294 g/mol. The van der Waals surface area contributed by atoms with Crippen LogP contribution in [0.5, 0.6) is 5.75 Å². The fraction of sp³-hybridized carbons (Fsp3) is 0.562. The highest BCUT2D eigenvalue weighted by atomic mass is 16.5. The van der Waals surface area contributed by atoms with Crippen LogP contribution in [0.2, 0.25) is 0 Å². The summed E-state index contributed by atoms with van der Waals surface area (Å²) in [5.41, 5.74) is 0. The number of benzene rings is 1. The van der Waals surface area contributed by atoms with E-state index in [1.54, 1.807) is 0 Å². The van der Waals surface area contributed by atoms with Crippen molar-refractivity contribution in [2.24, 2.45) is 5.92 Å². The van der Waals surface area contributed by atoms with Gasteiger partial charge in [-0.3, -0.25) is 4.79 Å². The molecule has 1 aromatic carbocycles. The summed E-state index contributed by atoms with van der Waals surface area (Å²) in [6.07, 6.45) is 0.292. The van der Waals surface area contributed by atoms with Crippen LogP contribution in [0.25, 0.3) is 0 Å². The van der Waals surface area contributed by atoms with Crippen LogP contribution in [0.4, 0.5) is 0 Å². The van der Waals surface area contributed by atoms with Crippen LogP contribution in [-0.2, 0) is 4.79 Å². The van der Waals surface area contributed by atoms with Crippen molar-refractivity contribution in [2.45, 2.75) is 26.4 Å². The minimum atomic E-state index is -0.546. The van der Waals surface area contributed by atoms with Crippen LogP contribution < -0.4 is 15.4 Å². The van der Waals surface area contributed by atoms with E-state index < -0.39 is 6.10 Å². The fourth-order valence-electron chi connectivity index (χ4n) is 1.67. The van der Waals surface area contributed by atoms with Crippen molar-refractivity contribution < 1.29 is 14.6 Å². The fourth-order valence-corrected chi connectivity index (χ4v) is 1.67. The lowest BCUT2D eigenvalue weighted by Crippen LogP contribution is -2.34. The largest absolute Gasteiger partial charge is 0.491 e. The van der Waals surface area contributed by atoms with E-state index in [4.69, 9.17) is 4.74 Å². The molecule has 0 radical (unpaired) electrons. The van der Waals surface area contributed by atoms with Crippen molar-refractivity contribution >= 4 is 5.91 Å². The first-order valence-electron chi connectivity index (χ1n) is 7.44. The number of hydrogen-bond acceptors (Lipinski definition) is 4. The summed E-state index contributed by atoms with van der Waals surface area (Å²) < 4.78 is 5.46. The molecule has 1 aromatic rings. The predicted octanol–water partition coefficient (Wildman–Crippen LogP) is 1.18. The molecule has 0 spiro atoms. The van der Waals surface area contributed by atoms with Gasteiger partial charge in [-0.2, -0.15) is 0 Å². The normalized spacial score (nSPS) is 12.2. The van der Waals surface area contributed by atoms with E-state index in [2.05, 4.69) is 10.6 Å². The summed E-state index contributed by atoms with van der Waals surface area (Å²) in [4.78, 5) is 11.3. The molecule has 5 nitrogen and oxygen atoms in total. The van der Waals surface area contributed by atoms with E-state index in [-0.39, 0.29) is 18.4 Å². The third-order valence-corrected chi connectivity index (χ3v) is 2.92. The smallest absolute Gasteiger partial charge is 0.222 e. The maximum absolute atomic E-state index is 11.3. The SMILES string of the molecule is CC(C)C(=O)NCCCNC[C@H](O)COc1ccccc1. The van der Waals surface area contributed by atoms with Crippen LogP contribution in [0, 0.1) is 5.92 Å². The Labute approximate surface area is 126 Å². The second-order valence-corrected chi connectivity index (χ2v) is 5.28. The number of rotatable bonds is 10. The van der Waals surface area contributed by atoms with Crippen LogP contribution >= 0.6 is 0 Å². The molecular weight excluding hydrogens is 268 g/mol. The van der Waals surface area contributed by atoms with E-state index >= 15 is 0 Å². The van der Waals surface area contributed by atoms with Crippen LogP contribution in [0.15, 0.2) is 30.3 Å². The molecule has 1 amide bonds. The lowest BCUT2D eigenvalue weighted by atomic mass is 10.2. The quantitative estimate of drug-likeness (QED) is 0.567. The molecule has 0 heterocycles. The van der Waals surface area contributed by atoms with Crippen LogP contribution in [0.1, 0.15) is 20.3 Å². The zero-order valence-electron chi connectivity index (χ0n) is 12.8. The van der Waals surface area contributed by atoms with Gasteiger partial charge in [0.05, 0.1) is 0 Å². The molecule has 118 valence electrons. The first-order valence-corrected chi connectivity index (χ1v) is 7.44. The highest BCUT2D eigenvalue weighted by molar-refractivity contribution is 5.77. The topological polar surface area (TPSA) is 70.6 Å². The summed E-state index contributed by atoms with van der Waals surface area (Å²) in [5.74, 6) is 0.856. The Morgan fingerprint density at radius 1 is 1.24 bits per heavy atom. The Balaban J connectivity index is 1.98. The number of ether oxygens (including phenoxy) is 1. The molecule has 0 aromatic heterocycles. The Bertz CT molecular complexity index is 396. The second kappa shape index (κ2) is 10.2. The highest BCUT2D eigenvalue weighted by Gasteiger charge is 2.06. The average Bonchev–Trinajstić information content (AvgIpc) is 2.49. The molecule has 0 bridgehead atoms. The van der Waals surface area contributed by atoms with E-state index in [1.165, 1.54) is 0 Å². The van der Waals surface area contributed by atoms with Gasteiger partial charge in [-0.15, -0.1) is 0 Å². The first-order chi connectivity index (χ1) is 10.1. The predicted molar refractivity (Wildman–Crippen MR) is 83.3 cm³/mol. The molecule has 0 unspecified atom stereocenters. The molecule has 1 atom stereocenters. The van der Waals surface area contributed by atoms with Crippen molar-refractivity contribution in [1.82, 2.24) is 10.6 Å². The Morgan fingerprint density at radius 2 is 1.95 bits per heavy atom. The van der Waals surface area contributed by atoms with Gasteiger partial charge in [-0.25, -0.2) is 0 Å². The zero-order chi connectivity index (χ0) is 15.5. The third-order valence-electron chi connectivity index (χ3n) is 2.92. The van der Waals surface area contributed by atoms with Crippen LogP contribution in [-0.4, -0.2) is 43.4 Å². The summed E-state index contributed by atoms with van der Waals surface area (Å²) in [7, 11) is 0. The summed E-state index contributed by atoms with van der Waals surface area (Å²) in [6, 6.07) is 9.43. The molecule has 0 saturated carbocycles. The number of carbonyl (C=O) groups excluding carboxylic acids is 1. The second-order valence-electron chi connectivity index (χ2n) is 5.28. The molecule has 0 aliphatic carbocycles. The number of para-hydroxylation sites is 1. The number of carbonyl (C=O) groups is 1. The van der Waals surface area contributed by atoms with Crippen molar-refractivity contribution in [1.29, 1.82) is 0 Å². The molecule has 3 N–H and O–H groups in total. The van der Waals surface area contributed by atoms with Gasteiger partial charge in [0, 0.05) is 19.0 Å². The number of aliphatic hydroxyl groups is 1. The third kappa shape index (κ3) is 8.32. The average molecular weight is 294 g/mol. The molecule has 0 aliphatic rings. The van der Waals surface area contributed by atoms with Gasteiger partial charge in [0.2, 0.25) is 5.91 Å². The van der Waals surface area contributed by atoms with Gasteiger partial charge in [0.15, 0.2) is 0 Å². The van der Waals surface area contributed by atoms with Crippen molar-refractivity contribution in [3.8, 4) is 5.75 Å². The number of nitrogens with one attached hydrogen (secondary N) is 2. The van der Waals surface area contributed by atoms with E-state index in [0.29, 0.717) is 13.1 Å². The van der Waals surface area contributed by atoms with Gasteiger partial charge in [0.1, 0.15) is 18.5 Å². The minimum Gasteiger partial charge on any atom is -0.491 e. The lowest BCUT2D eigenvalue weighted by molar-refractivity contribution is -0.123. The van der Waals surface area contributed by atoms with Gasteiger partial charge >= 0.3 is 0 Å². The molecule has 1 rings (SSSR count). The Kier molecular flexibility index (Phi) is 8.47. The Morgan fingerprint density at radius 3 is 2.62 bits per heavy atom. The molecular formula is C16H26N2O3. The van der Waals surface area contributed by atoms with Crippen molar-refractivity contribution in [3.63, 3.8) is 0 Å².